The second-order valence-electron chi connectivity index (χ2n) is 5.33. The van der Waals surface area contributed by atoms with Crippen molar-refractivity contribution in [1.29, 1.82) is 0 Å². The van der Waals surface area contributed by atoms with Crippen LogP contribution in [0.1, 0.15) is 0 Å². The first kappa shape index (κ1) is 17.4. The fourth-order valence-electron chi connectivity index (χ4n) is 2.25. The molecule has 4 rings (SSSR count). The quantitative estimate of drug-likeness (QED) is 0.537. The fourth-order valence-corrected chi connectivity index (χ4v) is 3.38. The van der Waals surface area contributed by atoms with E-state index < -0.39 is 5.91 Å². The van der Waals surface area contributed by atoms with Crippen molar-refractivity contribution >= 4 is 44.2 Å². The van der Waals surface area contributed by atoms with Crippen molar-refractivity contribution in [3.05, 3.63) is 53.3 Å². The lowest BCUT2D eigenvalue weighted by Gasteiger charge is -2.00. The minimum absolute atomic E-state index is 0.161. The van der Waals surface area contributed by atoms with Gasteiger partial charge in [0.2, 0.25) is 5.82 Å². The Balaban J connectivity index is 1.38. The molecule has 0 atom stereocenters. The van der Waals surface area contributed by atoms with Crippen LogP contribution in [0.25, 0.3) is 21.6 Å². The highest BCUT2D eigenvalue weighted by molar-refractivity contribution is 7.22. The highest BCUT2D eigenvalue weighted by Crippen LogP contribution is 2.27. The van der Waals surface area contributed by atoms with Gasteiger partial charge in [0.1, 0.15) is 5.82 Å². The first-order valence-electron chi connectivity index (χ1n) is 7.66. The lowest BCUT2D eigenvalue weighted by atomic mass is 10.2. The number of fused-ring (bicyclic) bond motifs is 1. The molecule has 0 fully saturated rings. The molecule has 0 aliphatic carbocycles. The van der Waals surface area contributed by atoms with Gasteiger partial charge in [0.25, 0.3) is 5.91 Å². The van der Waals surface area contributed by atoms with E-state index >= 15 is 0 Å². The van der Waals surface area contributed by atoms with Gasteiger partial charge in [-0.1, -0.05) is 40.2 Å². The zero-order chi connectivity index (χ0) is 18.8. The van der Waals surface area contributed by atoms with Gasteiger partial charge >= 0.3 is 6.08 Å². The zero-order valence-corrected chi connectivity index (χ0v) is 15.1. The Morgan fingerprint density at radius 3 is 2.96 bits per heavy atom. The lowest BCUT2D eigenvalue weighted by molar-refractivity contribution is -0.118. The predicted octanol–water partition coefficient (Wildman–Crippen LogP) is 4.16. The Bertz CT molecular complexity index is 1130. The summed E-state index contributed by atoms with van der Waals surface area (Å²) in [7, 11) is 0. The highest BCUT2D eigenvalue weighted by atomic mass is 35.5. The number of anilines is 1. The first-order valence-corrected chi connectivity index (χ1v) is 8.85. The van der Waals surface area contributed by atoms with Crippen LogP contribution in [0.2, 0.25) is 5.02 Å². The monoisotopic (exact) mass is 404 g/mol. The van der Waals surface area contributed by atoms with E-state index in [0.717, 1.165) is 11.3 Å². The molecule has 0 radical (unpaired) electrons. The van der Waals surface area contributed by atoms with E-state index in [-0.39, 0.29) is 24.3 Å². The molecule has 0 aliphatic heterocycles. The molecule has 2 heterocycles. The van der Waals surface area contributed by atoms with E-state index in [2.05, 4.69) is 20.4 Å². The van der Waals surface area contributed by atoms with Crippen LogP contribution < -0.4 is 10.1 Å². The Kier molecular flexibility index (Phi) is 4.69. The van der Waals surface area contributed by atoms with Crippen molar-refractivity contribution in [1.82, 2.24) is 15.1 Å². The molecule has 4 aromatic rings. The van der Waals surface area contributed by atoms with E-state index in [1.807, 2.05) is 0 Å². The number of nitrogens with one attached hydrogen (secondary N) is 1. The van der Waals surface area contributed by atoms with E-state index in [1.54, 1.807) is 30.3 Å². The number of carbonyl (C=O) groups excluding carboxylic acids is 1. The van der Waals surface area contributed by atoms with Gasteiger partial charge in [0.15, 0.2) is 11.7 Å². The maximum absolute atomic E-state index is 13.2. The SMILES string of the molecule is O=C(COc1nc(-c2ccccc2Cl)no1)Nc1nc2ccc(F)cc2s1. The number of ether oxygens (including phenoxy) is 1. The number of carbonyl (C=O) groups is 1. The third kappa shape index (κ3) is 3.88. The highest BCUT2D eigenvalue weighted by Gasteiger charge is 2.14. The summed E-state index contributed by atoms with van der Waals surface area (Å²) in [6.07, 6.45) is -0.161. The number of hydrogen-bond donors (Lipinski definition) is 1. The molecule has 1 N–H and O–H groups in total. The Morgan fingerprint density at radius 1 is 1.26 bits per heavy atom. The smallest absolute Gasteiger partial charge is 0.418 e. The number of thiazole rings is 1. The minimum atomic E-state index is -0.466. The molecule has 0 aliphatic rings. The summed E-state index contributed by atoms with van der Waals surface area (Å²) in [5.41, 5.74) is 1.18. The van der Waals surface area contributed by atoms with Gasteiger partial charge in [-0.15, -0.1) is 0 Å². The van der Waals surface area contributed by atoms with Crippen molar-refractivity contribution in [2.45, 2.75) is 0 Å². The molecular weight excluding hydrogens is 395 g/mol. The van der Waals surface area contributed by atoms with Gasteiger partial charge in [-0.25, -0.2) is 9.37 Å². The summed E-state index contributed by atoms with van der Waals surface area (Å²) in [5, 5.41) is 7.16. The molecule has 0 saturated carbocycles. The second-order valence-corrected chi connectivity index (χ2v) is 6.77. The van der Waals surface area contributed by atoms with E-state index in [4.69, 9.17) is 20.9 Å². The maximum atomic E-state index is 13.2. The molecule has 7 nitrogen and oxygen atoms in total. The number of benzene rings is 2. The first-order chi connectivity index (χ1) is 13.1. The summed E-state index contributed by atoms with van der Waals surface area (Å²) in [5.74, 6) is -0.575. The Morgan fingerprint density at radius 2 is 2.11 bits per heavy atom. The van der Waals surface area contributed by atoms with Gasteiger partial charge in [-0.05, 0) is 30.3 Å². The number of nitrogens with zero attached hydrogens (tertiary/aromatic N) is 3. The molecule has 0 unspecified atom stereocenters. The molecule has 27 heavy (non-hydrogen) atoms. The van der Waals surface area contributed by atoms with E-state index in [1.165, 1.54) is 12.1 Å². The summed E-state index contributed by atoms with van der Waals surface area (Å²) in [6.45, 7) is -0.353. The molecule has 2 aromatic carbocycles. The molecule has 1 amide bonds. The number of aromatic nitrogens is 3. The van der Waals surface area contributed by atoms with Crippen molar-refractivity contribution < 1.29 is 18.4 Å². The minimum Gasteiger partial charge on any atom is -0.439 e. The van der Waals surface area contributed by atoms with Gasteiger partial charge in [0.05, 0.1) is 15.2 Å². The average molecular weight is 405 g/mol. The Hall–Kier alpha value is -3.04. The second kappa shape index (κ2) is 7.29. The van der Waals surface area contributed by atoms with Gasteiger partial charge in [0, 0.05) is 5.56 Å². The van der Waals surface area contributed by atoms with Crippen molar-refractivity contribution in [3.63, 3.8) is 0 Å². The maximum Gasteiger partial charge on any atom is 0.418 e. The largest absolute Gasteiger partial charge is 0.439 e. The molecule has 0 bridgehead atoms. The third-order valence-electron chi connectivity index (χ3n) is 3.45. The van der Waals surface area contributed by atoms with Crippen LogP contribution in [-0.2, 0) is 4.79 Å². The van der Waals surface area contributed by atoms with Crippen LogP contribution >= 0.6 is 22.9 Å². The predicted molar refractivity (Wildman–Crippen MR) is 98.4 cm³/mol. The average Bonchev–Trinajstić information content (AvgIpc) is 3.26. The molecule has 10 heteroatoms. The van der Waals surface area contributed by atoms with Gasteiger partial charge in [-0.2, -0.15) is 4.98 Å². The third-order valence-corrected chi connectivity index (χ3v) is 4.71. The van der Waals surface area contributed by atoms with Crippen LogP contribution in [0, 0.1) is 5.82 Å². The van der Waals surface area contributed by atoms with Crippen LogP contribution in [0.3, 0.4) is 0 Å². The van der Waals surface area contributed by atoms with E-state index in [0.29, 0.717) is 25.9 Å². The number of amides is 1. The summed E-state index contributed by atoms with van der Waals surface area (Å²) >= 11 is 7.23. The number of rotatable bonds is 5. The zero-order valence-electron chi connectivity index (χ0n) is 13.5. The molecule has 136 valence electrons. The van der Waals surface area contributed by atoms with Crippen LogP contribution in [-0.4, -0.2) is 27.6 Å². The molecule has 0 spiro atoms. The number of hydrogen-bond acceptors (Lipinski definition) is 7. The van der Waals surface area contributed by atoms with Crippen molar-refractivity contribution in [3.8, 4) is 17.5 Å². The van der Waals surface area contributed by atoms with Crippen LogP contribution in [0.4, 0.5) is 9.52 Å². The molecule has 2 aromatic heterocycles. The lowest BCUT2D eigenvalue weighted by Crippen LogP contribution is -2.20. The van der Waals surface area contributed by atoms with Gasteiger partial charge < -0.3 is 4.74 Å². The van der Waals surface area contributed by atoms with E-state index in [9.17, 15) is 9.18 Å². The number of halogens is 2. The molecule has 0 saturated heterocycles. The van der Waals surface area contributed by atoms with Crippen molar-refractivity contribution in [2.24, 2.45) is 0 Å². The standard InChI is InChI=1S/C17H10ClFN4O3S/c18-11-4-2-1-3-10(11)15-22-17(26-23-15)25-8-14(24)21-16-20-12-6-5-9(19)7-13(12)27-16/h1-7H,8H2,(H,20,21,24). The topological polar surface area (TPSA) is 90.1 Å². The molecular formula is C17H10ClFN4O3S. The Labute approximate surface area is 160 Å². The fraction of sp³-hybridized carbons (Fsp3) is 0.0588. The summed E-state index contributed by atoms with van der Waals surface area (Å²) < 4.78 is 24.0. The summed E-state index contributed by atoms with van der Waals surface area (Å²) in [4.78, 5) is 20.3. The van der Waals surface area contributed by atoms with Crippen LogP contribution in [0.15, 0.2) is 47.0 Å². The summed E-state index contributed by atoms with van der Waals surface area (Å²) in [6, 6.07) is 11.2. The normalized spacial score (nSPS) is 10.9. The van der Waals surface area contributed by atoms with Crippen molar-refractivity contribution in [2.75, 3.05) is 11.9 Å². The van der Waals surface area contributed by atoms with Crippen LogP contribution in [0.5, 0.6) is 6.08 Å². The van der Waals surface area contributed by atoms with Gasteiger partial charge in [-0.3, -0.25) is 14.6 Å².